The molecule has 2 unspecified atom stereocenters. The van der Waals surface area contributed by atoms with Crippen LogP contribution in [0.25, 0.3) is 0 Å². The molecule has 0 radical (unpaired) electrons. The van der Waals surface area contributed by atoms with E-state index in [1.807, 2.05) is 18.2 Å². The maximum Gasteiger partial charge on any atom is 0.116 e. The highest BCUT2D eigenvalue weighted by Crippen LogP contribution is 2.47. The van der Waals surface area contributed by atoms with Gasteiger partial charge in [-0.05, 0) is 44.4 Å². The summed E-state index contributed by atoms with van der Waals surface area (Å²) in [7, 11) is 0. The predicted octanol–water partition coefficient (Wildman–Crippen LogP) is 2.47. The van der Waals surface area contributed by atoms with Gasteiger partial charge in [0.1, 0.15) is 31.3 Å². The van der Waals surface area contributed by atoms with Crippen molar-refractivity contribution in [1.82, 2.24) is 0 Å². The van der Waals surface area contributed by atoms with Crippen LogP contribution in [0, 0.1) is 0 Å². The molecule has 0 amide bonds. The first-order valence-corrected chi connectivity index (χ1v) is 9.17. The lowest BCUT2D eigenvalue weighted by molar-refractivity contribution is -0.960. The van der Waals surface area contributed by atoms with E-state index in [9.17, 15) is 5.11 Å². The molecule has 2 aliphatic rings. The van der Waals surface area contributed by atoms with Crippen LogP contribution in [0.1, 0.15) is 38.7 Å². The van der Waals surface area contributed by atoms with Gasteiger partial charge in [0.05, 0.1) is 16.7 Å². The van der Waals surface area contributed by atoms with E-state index < -0.39 is 0 Å². The van der Waals surface area contributed by atoms with Crippen molar-refractivity contribution in [2.24, 2.45) is 0 Å². The third kappa shape index (κ3) is 3.27. The molecule has 2 atom stereocenters. The molecule has 1 saturated heterocycles. The SMILES string of the molecule is CC1(C)COCC[NH+]1CC(O)C1(c2ccc(Cl)c(Cl)c2)CCC1. The Morgan fingerprint density at radius 1 is 1.26 bits per heavy atom. The van der Waals surface area contributed by atoms with Crippen molar-refractivity contribution in [2.75, 3.05) is 26.3 Å². The van der Waals surface area contributed by atoms with Crippen LogP contribution in [-0.4, -0.2) is 43.1 Å². The molecule has 5 heteroatoms. The summed E-state index contributed by atoms with van der Waals surface area (Å²) < 4.78 is 5.60. The first-order chi connectivity index (χ1) is 10.8. The number of morpholine rings is 1. The Morgan fingerprint density at radius 3 is 2.57 bits per heavy atom. The van der Waals surface area contributed by atoms with Crippen molar-refractivity contribution in [1.29, 1.82) is 0 Å². The number of rotatable bonds is 4. The average Bonchev–Trinajstić information content (AvgIpc) is 2.44. The van der Waals surface area contributed by atoms with Gasteiger partial charge in [0, 0.05) is 5.41 Å². The van der Waals surface area contributed by atoms with E-state index in [2.05, 4.69) is 13.8 Å². The summed E-state index contributed by atoms with van der Waals surface area (Å²) in [5.41, 5.74) is 0.994. The number of benzene rings is 1. The number of halogens is 2. The van der Waals surface area contributed by atoms with Gasteiger partial charge < -0.3 is 14.7 Å². The summed E-state index contributed by atoms with van der Waals surface area (Å²) in [6.45, 7) is 7.62. The van der Waals surface area contributed by atoms with E-state index in [4.69, 9.17) is 27.9 Å². The highest BCUT2D eigenvalue weighted by molar-refractivity contribution is 6.42. The minimum Gasteiger partial charge on any atom is -0.386 e. The number of aliphatic hydroxyl groups excluding tert-OH is 1. The van der Waals surface area contributed by atoms with Crippen LogP contribution < -0.4 is 4.90 Å². The van der Waals surface area contributed by atoms with Crippen LogP contribution in [0.3, 0.4) is 0 Å². The molecule has 1 saturated carbocycles. The molecule has 3 rings (SSSR count). The lowest BCUT2D eigenvalue weighted by Crippen LogP contribution is -3.22. The fourth-order valence-electron chi connectivity index (χ4n) is 3.95. The second-order valence-corrected chi connectivity index (χ2v) is 8.46. The number of nitrogens with one attached hydrogen (secondary N) is 1. The zero-order valence-electron chi connectivity index (χ0n) is 13.9. The molecule has 23 heavy (non-hydrogen) atoms. The molecule has 1 aromatic rings. The first-order valence-electron chi connectivity index (χ1n) is 8.42. The van der Waals surface area contributed by atoms with Crippen LogP contribution in [0.2, 0.25) is 10.0 Å². The lowest BCUT2D eigenvalue weighted by atomic mass is 9.61. The predicted molar refractivity (Wildman–Crippen MR) is 93.6 cm³/mol. The van der Waals surface area contributed by atoms with E-state index in [1.165, 1.54) is 4.90 Å². The average molecular weight is 359 g/mol. The summed E-state index contributed by atoms with van der Waals surface area (Å²) >= 11 is 12.3. The van der Waals surface area contributed by atoms with Crippen LogP contribution in [0.5, 0.6) is 0 Å². The Morgan fingerprint density at radius 2 is 2.00 bits per heavy atom. The number of ether oxygens (including phenoxy) is 1. The summed E-state index contributed by atoms with van der Waals surface area (Å²) in [5, 5.41) is 12.2. The van der Waals surface area contributed by atoms with Gasteiger partial charge in [-0.25, -0.2) is 0 Å². The minimum absolute atomic E-state index is 0.0435. The fraction of sp³-hybridized carbons (Fsp3) is 0.667. The van der Waals surface area contributed by atoms with Gasteiger partial charge in [-0.1, -0.05) is 35.7 Å². The lowest BCUT2D eigenvalue weighted by Gasteiger charge is -2.48. The third-order valence-corrected chi connectivity index (χ3v) is 6.53. The minimum atomic E-state index is -0.374. The van der Waals surface area contributed by atoms with Gasteiger partial charge in [0.25, 0.3) is 0 Å². The van der Waals surface area contributed by atoms with Gasteiger partial charge in [0.2, 0.25) is 0 Å². The first kappa shape index (κ1) is 17.5. The van der Waals surface area contributed by atoms with Crippen molar-refractivity contribution < 1.29 is 14.7 Å². The van der Waals surface area contributed by atoms with Gasteiger partial charge in [-0.3, -0.25) is 0 Å². The van der Waals surface area contributed by atoms with Crippen molar-refractivity contribution in [3.05, 3.63) is 33.8 Å². The van der Waals surface area contributed by atoms with E-state index in [0.29, 0.717) is 10.0 Å². The second-order valence-electron chi connectivity index (χ2n) is 7.65. The smallest absolute Gasteiger partial charge is 0.116 e. The van der Waals surface area contributed by atoms with E-state index >= 15 is 0 Å². The molecule has 1 heterocycles. The molecule has 2 N–H and O–H groups in total. The summed E-state index contributed by atoms with van der Waals surface area (Å²) in [5.74, 6) is 0. The molecule has 1 aliphatic carbocycles. The molecular formula is C18H26Cl2NO2+. The number of hydrogen-bond donors (Lipinski definition) is 2. The maximum absolute atomic E-state index is 11.1. The Bertz CT molecular complexity index is 572. The Kier molecular flexibility index (Phi) is 4.97. The zero-order valence-corrected chi connectivity index (χ0v) is 15.4. The largest absolute Gasteiger partial charge is 0.386 e. The zero-order chi connectivity index (χ0) is 16.7. The Hall–Kier alpha value is -0.320. The molecule has 0 bridgehead atoms. The standard InChI is InChI=1S/C18H25Cl2NO2/c1-17(2)12-23-9-8-21(17)11-16(22)18(6-3-7-18)13-4-5-14(19)15(20)10-13/h4-5,10,16,22H,3,6-9,11-12H2,1-2H3/p+1. The number of aliphatic hydroxyl groups is 1. The molecule has 1 aromatic carbocycles. The molecule has 0 spiro atoms. The van der Waals surface area contributed by atoms with Crippen LogP contribution >= 0.6 is 23.2 Å². The van der Waals surface area contributed by atoms with Crippen LogP contribution in [0.4, 0.5) is 0 Å². The topological polar surface area (TPSA) is 33.9 Å². The number of hydrogen-bond acceptors (Lipinski definition) is 2. The van der Waals surface area contributed by atoms with Crippen LogP contribution in [-0.2, 0) is 10.2 Å². The summed E-state index contributed by atoms with van der Waals surface area (Å²) in [4.78, 5) is 1.42. The summed E-state index contributed by atoms with van der Waals surface area (Å²) in [6.07, 6.45) is 2.80. The van der Waals surface area contributed by atoms with Crippen molar-refractivity contribution in [2.45, 2.75) is 50.2 Å². The highest BCUT2D eigenvalue weighted by Gasteiger charge is 2.48. The van der Waals surface area contributed by atoms with Gasteiger partial charge in [-0.2, -0.15) is 0 Å². The monoisotopic (exact) mass is 358 g/mol. The normalized spacial score (nSPS) is 27.3. The quantitative estimate of drug-likeness (QED) is 0.866. The van der Waals surface area contributed by atoms with E-state index in [1.54, 1.807) is 0 Å². The van der Waals surface area contributed by atoms with Crippen LogP contribution in [0.15, 0.2) is 18.2 Å². The highest BCUT2D eigenvalue weighted by atomic mass is 35.5. The molecule has 0 aromatic heterocycles. The Balaban J connectivity index is 1.80. The van der Waals surface area contributed by atoms with Crippen molar-refractivity contribution in [3.8, 4) is 0 Å². The third-order valence-electron chi connectivity index (χ3n) is 5.79. The molecule has 128 valence electrons. The molecule has 3 nitrogen and oxygen atoms in total. The fourth-order valence-corrected chi connectivity index (χ4v) is 4.25. The molecular weight excluding hydrogens is 333 g/mol. The van der Waals surface area contributed by atoms with E-state index in [0.717, 1.165) is 51.1 Å². The summed E-state index contributed by atoms with van der Waals surface area (Å²) in [6, 6.07) is 5.81. The van der Waals surface area contributed by atoms with Gasteiger partial charge in [0.15, 0.2) is 0 Å². The number of quaternary nitrogens is 1. The van der Waals surface area contributed by atoms with Gasteiger partial charge >= 0.3 is 0 Å². The maximum atomic E-state index is 11.1. The Labute approximate surface area is 148 Å². The van der Waals surface area contributed by atoms with E-state index in [-0.39, 0.29) is 17.1 Å². The van der Waals surface area contributed by atoms with Gasteiger partial charge in [-0.15, -0.1) is 0 Å². The second kappa shape index (κ2) is 6.53. The van der Waals surface area contributed by atoms with Crippen molar-refractivity contribution in [3.63, 3.8) is 0 Å². The molecule has 1 aliphatic heterocycles. The van der Waals surface area contributed by atoms with Crippen molar-refractivity contribution >= 4 is 23.2 Å². The molecule has 2 fully saturated rings.